The van der Waals surface area contributed by atoms with Crippen molar-refractivity contribution >= 4 is 50.2 Å². The van der Waals surface area contributed by atoms with Crippen LogP contribution in [0.4, 0.5) is 0 Å². The number of nitrogens with zero attached hydrogens (tertiary/aromatic N) is 3. The first-order chi connectivity index (χ1) is 13.4. The maximum atomic E-state index is 12.8. The van der Waals surface area contributed by atoms with Gasteiger partial charge in [-0.2, -0.15) is 4.31 Å². The van der Waals surface area contributed by atoms with E-state index in [4.69, 9.17) is 11.6 Å². The molecule has 0 aromatic carbocycles. The molecule has 152 valence electrons. The van der Waals surface area contributed by atoms with Gasteiger partial charge in [-0.05, 0) is 43.0 Å². The molecule has 2 aromatic rings. The van der Waals surface area contributed by atoms with E-state index in [0.717, 1.165) is 30.7 Å². The summed E-state index contributed by atoms with van der Waals surface area (Å²) in [7, 11) is -3.53. The Hall–Kier alpha value is -0.970. The summed E-state index contributed by atoms with van der Waals surface area (Å²) in [5.74, 6) is 0.0830. The number of sulfonamides is 1. The third kappa shape index (κ3) is 4.15. The molecule has 0 saturated carbocycles. The Labute approximate surface area is 178 Å². The second-order valence-electron chi connectivity index (χ2n) is 6.99. The molecule has 4 heterocycles. The van der Waals surface area contributed by atoms with Crippen LogP contribution in [0.3, 0.4) is 0 Å². The van der Waals surface area contributed by atoms with Crippen LogP contribution in [0.25, 0.3) is 0 Å². The third-order valence-electron chi connectivity index (χ3n) is 5.31. The number of halogens is 1. The van der Waals surface area contributed by atoms with Crippen LogP contribution in [-0.2, 0) is 14.8 Å². The molecule has 6 nitrogen and oxygen atoms in total. The number of likely N-dealkylation sites (tertiary alicyclic amines) is 1. The lowest BCUT2D eigenvalue weighted by Crippen LogP contribution is -2.52. The van der Waals surface area contributed by atoms with E-state index in [1.165, 1.54) is 15.2 Å². The van der Waals surface area contributed by atoms with Crippen LogP contribution in [-0.4, -0.2) is 67.7 Å². The van der Waals surface area contributed by atoms with Crippen molar-refractivity contribution in [3.05, 3.63) is 38.9 Å². The summed E-state index contributed by atoms with van der Waals surface area (Å²) in [6, 6.07) is 7.66. The molecule has 2 aliphatic heterocycles. The molecule has 0 bridgehead atoms. The summed E-state index contributed by atoms with van der Waals surface area (Å²) in [5, 5.41) is 2.08. The maximum Gasteiger partial charge on any atom is 0.252 e. The topological polar surface area (TPSA) is 60.9 Å². The molecule has 2 aliphatic rings. The van der Waals surface area contributed by atoms with Crippen molar-refractivity contribution in [1.82, 2.24) is 14.1 Å². The lowest BCUT2D eigenvalue weighted by Gasteiger charge is -2.35. The number of hydrogen-bond donors (Lipinski definition) is 0. The van der Waals surface area contributed by atoms with E-state index in [9.17, 15) is 13.2 Å². The summed E-state index contributed by atoms with van der Waals surface area (Å²) in [6.07, 6.45) is 2.19. The highest BCUT2D eigenvalue weighted by molar-refractivity contribution is 7.91. The van der Waals surface area contributed by atoms with Crippen LogP contribution in [0, 0.1) is 0 Å². The number of thiophene rings is 2. The van der Waals surface area contributed by atoms with Crippen LogP contribution in [0.1, 0.15) is 23.8 Å². The molecule has 2 aromatic heterocycles. The molecule has 2 fully saturated rings. The predicted octanol–water partition coefficient (Wildman–Crippen LogP) is 3.13. The fourth-order valence-electron chi connectivity index (χ4n) is 3.83. The van der Waals surface area contributed by atoms with Crippen molar-refractivity contribution in [2.75, 3.05) is 39.3 Å². The molecule has 2 saturated heterocycles. The number of piperazine rings is 1. The van der Waals surface area contributed by atoms with Gasteiger partial charge in [0, 0.05) is 37.1 Å². The highest BCUT2D eigenvalue weighted by Crippen LogP contribution is 2.34. The third-order valence-corrected chi connectivity index (χ3v) is 9.88. The average molecular weight is 460 g/mol. The Morgan fingerprint density at radius 3 is 2.57 bits per heavy atom. The molecule has 10 heteroatoms. The van der Waals surface area contributed by atoms with E-state index in [2.05, 4.69) is 22.4 Å². The highest BCUT2D eigenvalue weighted by Gasteiger charge is 2.33. The van der Waals surface area contributed by atoms with Crippen molar-refractivity contribution in [2.45, 2.75) is 23.1 Å². The maximum absolute atomic E-state index is 12.8. The minimum atomic E-state index is -3.53. The smallest absolute Gasteiger partial charge is 0.252 e. The highest BCUT2D eigenvalue weighted by atomic mass is 35.5. The van der Waals surface area contributed by atoms with Gasteiger partial charge in [-0.1, -0.05) is 17.7 Å². The molecule has 0 aliphatic carbocycles. The molecule has 0 radical (unpaired) electrons. The first-order valence-corrected chi connectivity index (χ1v) is 12.8. The summed E-state index contributed by atoms with van der Waals surface area (Å²) in [5.41, 5.74) is 0. The van der Waals surface area contributed by atoms with Gasteiger partial charge in [-0.25, -0.2) is 8.42 Å². The lowest BCUT2D eigenvalue weighted by molar-refractivity contribution is -0.133. The van der Waals surface area contributed by atoms with Gasteiger partial charge in [0.05, 0.1) is 10.9 Å². The molecule has 0 unspecified atom stereocenters. The van der Waals surface area contributed by atoms with E-state index in [1.807, 2.05) is 0 Å². The van der Waals surface area contributed by atoms with Crippen LogP contribution < -0.4 is 0 Å². The van der Waals surface area contributed by atoms with E-state index in [1.54, 1.807) is 22.3 Å². The number of carbonyl (C=O) groups is 1. The van der Waals surface area contributed by atoms with E-state index in [-0.39, 0.29) is 10.1 Å². The Kier molecular flexibility index (Phi) is 6.10. The zero-order chi connectivity index (χ0) is 19.7. The van der Waals surface area contributed by atoms with Gasteiger partial charge in [0.25, 0.3) is 10.0 Å². The van der Waals surface area contributed by atoms with E-state index in [0.29, 0.717) is 43.1 Å². The van der Waals surface area contributed by atoms with Crippen molar-refractivity contribution in [3.8, 4) is 0 Å². The Morgan fingerprint density at radius 2 is 1.93 bits per heavy atom. The largest absolute Gasteiger partial charge is 0.339 e. The molecule has 1 amide bonds. The van der Waals surface area contributed by atoms with Crippen molar-refractivity contribution < 1.29 is 13.2 Å². The first kappa shape index (κ1) is 20.3. The van der Waals surface area contributed by atoms with Crippen LogP contribution in [0.5, 0.6) is 0 Å². The van der Waals surface area contributed by atoms with Gasteiger partial charge in [-0.15, -0.1) is 22.7 Å². The quantitative estimate of drug-likeness (QED) is 0.689. The van der Waals surface area contributed by atoms with E-state index >= 15 is 0 Å². The first-order valence-electron chi connectivity index (χ1n) is 9.26. The fraction of sp³-hybridized carbons (Fsp3) is 0.500. The minimum absolute atomic E-state index is 0.0830. The standard InChI is InChI=1S/C18H22ClN3O3S3/c19-16-5-6-18(27-16)28(24,25)22-10-8-20(9-11-22)17(23)13-21-7-1-3-14(21)15-4-2-12-26-15/h2,4-6,12,14H,1,3,7-11,13H2/t14-/m1/s1. The molecule has 28 heavy (non-hydrogen) atoms. The Bertz CT molecular complexity index is 921. The number of hydrogen-bond acceptors (Lipinski definition) is 6. The van der Waals surface area contributed by atoms with Gasteiger partial charge in [0.2, 0.25) is 5.91 Å². The minimum Gasteiger partial charge on any atom is -0.339 e. The summed E-state index contributed by atoms with van der Waals surface area (Å²) >= 11 is 8.68. The number of amides is 1. The monoisotopic (exact) mass is 459 g/mol. The SMILES string of the molecule is O=C(CN1CCC[C@@H]1c1cccs1)N1CCN(S(=O)(=O)c2ccc(Cl)s2)CC1. The van der Waals surface area contributed by atoms with Gasteiger partial charge in [0.1, 0.15) is 4.21 Å². The Balaban J connectivity index is 1.34. The van der Waals surface area contributed by atoms with Crippen LogP contribution in [0.2, 0.25) is 4.34 Å². The molecular formula is C18H22ClN3O3S3. The molecule has 0 N–H and O–H groups in total. The van der Waals surface area contributed by atoms with Gasteiger partial charge in [0.15, 0.2) is 0 Å². The van der Waals surface area contributed by atoms with Crippen molar-refractivity contribution in [1.29, 1.82) is 0 Å². The second kappa shape index (κ2) is 8.41. The summed E-state index contributed by atoms with van der Waals surface area (Å²) < 4.78 is 27.6. The predicted molar refractivity (Wildman–Crippen MR) is 113 cm³/mol. The molecule has 0 spiro atoms. The van der Waals surface area contributed by atoms with Crippen molar-refractivity contribution in [3.63, 3.8) is 0 Å². The normalized spacial score (nSPS) is 22.0. The molecule has 4 rings (SSSR count). The zero-order valence-electron chi connectivity index (χ0n) is 15.3. The average Bonchev–Trinajstić information content (AvgIpc) is 3.43. The fourth-order valence-corrected chi connectivity index (χ4v) is 7.79. The van der Waals surface area contributed by atoms with Gasteiger partial charge >= 0.3 is 0 Å². The number of carbonyl (C=O) groups excluding carboxylic acids is 1. The van der Waals surface area contributed by atoms with E-state index < -0.39 is 10.0 Å². The van der Waals surface area contributed by atoms with Crippen LogP contribution >= 0.6 is 34.3 Å². The lowest BCUT2D eigenvalue weighted by atomic mass is 10.2. The van der Waals surface area contributed by atoms with Crippen molar-refractivity contribution in [2.24, 2.45) is 0 Å². The Morgan fingerprint density at radius 1 is 1.14 bits per heavy atom. The second-order valence-corrected chi connectivity index (χ2v) is 11.8. The number of rotatable bonds is 5. The molecular weight excluding hydrogens is 438 g/mol. The van der Waals surface area contributed by atoms with Crippen LogP contribution in [0.15, 0.2) is 33.9 Å². The van der Waals surface area contributed by atoms with Gasteiger partial charge in [-0.3, -0.25) is 9.69 Å². The zero-order valence-corrected chi connectivity index (χ0v) is 18.5. The molecule has 1 atom stereocenters. The van der Waals surface area contributed by atoms with Gasteiger partial charge < -0.3 is 4.90 Å². The summed E-state index contributed by atoms with van der Waals surface area (Å²) in [4.78, 5) is 18.2. The summed E-state index contributed by atoms with van der Waals surface area (Å²) in [6.45, 7) is 2.82.